The molecule has 4 aromatic rings. The lowest BCUT2D eigenvalue weighted by molar-refractivity contribution is -0.139. The van der Waals surface area contributed by atoms with Gasteiger partial charge in [0.1, 0.15) is 0 Å². The van der Waals surface area contributed by atoms with E-state index in [1.165, 1.54) is 18.4 Å². The Morgan fingerprint density at radius 2 is 1.89 bits per heavy atom. The predicted molar refractivity (Wildman–Crippen MR) is 151 cm³/mol. The number of hydrogen-bond donors (Lipinski definition) is 1. The standard InChI is InChI=1S/C28H26BrN3O5S/c1-6-37-27(34)24-15(3)31-28-32(25(24)18-11-21(35-4)22(36-5)13-19(18)29)26(33)23(38-28)12-17-14(2)30-20-10-8-7-9-16(17)20/h7-13,25,30H,6H2,1-5H3/b23-12+. The Bertz CT molecular complexity index is 1800. The summed E-state index contributed by atoms with van der Waals surface area (Å²) in [5.74, 6) is 0.464. The number of aryl methyl sites for hydroxylation is 1. The van der Waals surface area contributed by atoms with Crippen molar-refractivity contribution < 1.29 is 19.0 Å². The number of methoxy groups -OCH3 is 2. The number of carbonyl (C=O) groups excluding carboxylic acids is 1. The zero-order valence-corrected chi connectivity index (χ0v) is 24.0. The molecule has 0 amide bonds. The number of hydrogen-bond acceptors (Lipinski definition) is 7. The second-order valence-corrected chi connectivity index (χ2v) is 10.6. The molecule has 38 heavy (non-hydrogen) atoms. The van der Waals surface area contributed by atoms with E-state index in [1.54, 1.807) is 37.7 Å². The molecule has 8 nitrogen and oxygen atoms in total. The number of aromatic amines is 1. The van der Waals surface area contributed by atoms with Crippen molar-refractivity contribution in [2.24, 2.45) is 4.99 Å². The monoisotopic (exact) mass is 595 g/mol. The van der Waals surface area contributed by atoms with Crippen LogP contribution in [0.5, 0.6) is 11.5 Å². The summed E-state index contributed by atoms with van der Waals surface area (Å²) in [6.45, 7) is 5.68. The van der Waals surface area contributed by atoms with Crippen molar-refractivity contribution in [2.45, 2.75) is 26.8 Å². The molecule has 0 bridgehead atoms. The molecule has 2 aromatic carbocycles. The first-order valence-electron chi connectivity index (χ1n) is 12.0. The summed E-state index contributed by atoms with van der Waals surface area (Å²) in [4.78, 5) is 35.8. The number of thiazole rings is 1. The predicted octanol–water partition coefficient (Wildman–Crippen LogP) is 4.37. The first kappa shape index (κ1) is 26.0. The van der Waals surface area contributed by atoms with Crippen LogP contribution in [0.3, 0.4) is 0 Å². The van der Waals surface area contributed by atoms with Gasteiger partial charge < -0.3 is 19.2 Å². The van der Waals surface area contributed by atoms with Gasteiger partial charge in [0.05, 0.1) is 42.7 Å². The second-order valence-electron chi connectivity index (χ2n) is 8.74. The highest BCUT2D eigenvalue weighted by Gasteiger charge is 2.35. The summed E-state index contributed by atoms with van der Waals surface area (Å²) in [5.41, 5.74) is 4.08. The van der Waals surface area contributed by atoms with E-state index in [-0.39, 0.29) is 12.2 Å². The molecule has 1 aliphatic heterocycles. The first-order valence-corrected chi connectivity index (χ1v) is 13.6. The van der Waals surface area contributed by atoms with E-state index in [0.717, 1.165) is 22.2 Å². The molecular formula is C28H26BrN3O5S. The van der Waals surface area contributed by atoms with Crippen LogP contribution in [-0.2, 0) is 9.53 Å². The van der Waals surface area contributed by atoms with Crippen LogP contribution in [0.25, 0.3) is 17.0 Å². The summed E-state index contributed by atoms with van der Waals surface area (Å²) in [5, 5.41) is 1.03. The molecule has 0 aliphatic carbocycles. The van der Waals surface area contributed by atoms with Crippen LogP contribution in [0.2, 0.25) is 0 Å². The lowest BCUT2D eigenvalue weighted by atomic mass is 9.95. The van der Waals surface area contributed by atoms with Crippen molar-refractivity contribution in [1.29, 1.82) is 0 Å². The summed E-state index contributed by atoms with van der Waals surface area (Å²) < 4.78 is 19.1. The minimum Gasteiger partial charge on any atom is -0.493 e. The summed E-state index contributed by atoms with van der Waals surface area (Å²) in [7, 11) is 3.09. The highest BCUT2D eigenvalue weighted by Crippen LogP contribution is 2.40. The number of para-hydroxylation sites is 1. The van der Waals surface area contributed by atoms with Gasteiger partial charge in [-0.1, -0.05) is 45.5 Å². The molecule has 196 valence electrons. The Balaban J connectivity index is 1.80. The first-order chi connectivity index (χ1) is 18.3. The van der Waals surface area contributed by atoms with Gasteiger partial charge in [0.25, 0.3) is 5.56 Å². The molecule has 1 aliphatic rings. The zero-order chi connectivity index (χ0) is 27.1. The SMILES string of the molecule is CCOC(=O)C1=C(C)N=c2s/c(=C/c3c(C)[nH]c4ccccc34)c(=O)n2C1c1cc(OC)c(OC)cc1Br. The molecular weight excluding hydrogens is 570 g/mol. The van der Waals surface area contributed by atoms with Gasteiger partial charge in [-0.05, 0) is 50.6 Å². The normalized spacial score (nSPS) is 15.4. The van der Waals surface area contributed by atoms with Crippen LogP contribution in [0.1, 0.15) is 36.7 Å². The third kappa shape index (κ3) is 4.27. The number of nitrogens with zero attached hydrogens (tertiary/aromatic N) is 2. The van der Waals surface area contributed by atoms with Gasteiger partial charge in [0.2, 0.25) is 0 Å². The molecule has 0 spiro atoms. The topological polar surface area (TPSA) is 94.9 Å². The molecule has 1 N–H and O–H groups in total. The average Bonchev–Trinajstić information content (AvgIpc) is 3.38. The summed E-state index contributed by atoms with van der Waals surface area (Å²) >= 11 is 4.91. The molecule has 1 atom stereocenters. The van der Waals surface area contributed by atoms with E-state index in [1.807, 2.05) is 37.3 Å². The van der Waals surface area contributed by atoms with E-state index in [9.17, 15) is 9.59 Å². The maximum atomic E-state index is 14.0. The number of halogens is 1. The van der Waals surface area contributed by atoms with Crippen molar-refractivity contribution in [3.63, 3.8) is 0 Å². The fraction of sp³-hybridized carbons (Fsp3) is 0.250. The van der Waals surface area contributed by atoms with E-state index < -0.39 is 12.0 Å². The Hall–Kier alpha value is -3.63. The highest BCUT2D eigenvalue weighted by atomic mass is 79.9. The van der Waals surface area contributed by atoms with Crippen LogP contribution in [0.4, 0.5) is 0 Å². The molecule has 2 aromatic heterocycles. The molecule has 5 rings (SSSR count). The minimum atomic E-state index is -0.786. The lowest BCUT2D eigenvalue weighted by Crippen LogP contribution is -2.40. The summed E-state index contributed by atoms with van der Waals surface area (Å²) in [6.07, 6.45) is 1.89. The van der Waals surface area contributed by atoms with Crippen molar-refractivity contribution in [1.82, 2.24) is 9.55 Å². The van der Waals surface area contributed by atoms with Crippen molar-refractivity contribution in [3.8, 4) is 11.5 Å². The van der Waals surface area contributed by atoms with E-state index in [2.05, 4.69) is 25.9 Å². The Kier molecular flexibility index (Phi) is 7.02. The van der Waals surface area contributed by atoms with Crippen LogP contribution < -0.4 is 24.4 Å². The minimum absolute atomic E-state index is 0.194. The van der Waals surface area contributed by atoms with Gasteiger partial charge in [-0.2, -0.15) is 0 Å². The second kappa shape index (κ2) is 10.3. The van der Waals surface area contributed by atoms with Gasteiger partial charge in [-0.25, -0.2) is 9.79 Å². The quantitative estimate of drug-likeness (QED) is 0.334. The van der Waals surface area contributed by atoms with Crippen LogP contribution in [-0.4, -0.2) is 36.3 Å². The van der Waals surface area contributed by atoms with E-state index in [0.29, 0.717) is 42.1 Å². The molecule has 0 fully saturated rings. The Labute approximate surface area is 231 Å². The number of carbonyl (C=O) groups is 1. The fourth-order valence-electron chi connectivity index (χ4n) is 4.78. The Morgan fingerprint density at radius 3 is 2.61 bits per heavy atom. The third-order valence-corrected chi connectivity index (χ3v) is 8.20. The van der Waals surface area contributed by atoms with Crippen molar-refractivity contribution in [2.75, 3.05) is 20.8 Å². The van der Waals surface area contributed by atoms with Crippen LogP contribution >= 0.6 is 27.3 Å². The van der Waals surface area contributed by atoms with Crippen molar-refractivity contribution >= 4 is 50.2 Å². The number of fused-ring (bicyclic) bond motifs is 2. The molecule has 0 saturated heterocycles. The van der Waals surface area contributed by atoms with Gasteiger partial charge in [0.15, 0.2) is 16.3 Å². The van der Waals surface area contributed by atoms with Gasteiger partial charge in [0, 0.05) is 26.6 Å². The molecule has 10 heteroatoms. The van der Waals surface area contributed by atoms with E-state index in [4.69, 9.17) is 14.2 Å². The lowest BCUT2D eigenvalue weighted by Gasteiger charge is -2.26. The number of ether oxygens (including phenoxy) is 3. The number of nitrogens with one attached hydrogen (secondary N) is 1. The van der Waals surface area contributed by atoms with E-state index >= 15 is 0 Å². The molecule has 0 saturated carbocycles. The number of aromatic nitrogens is 2. The number of benzene rings is 2. The zero-order valence-electron chi connectivity index (χ0n) is 21.5. The highest BCUT2D eigenvalue weighted by molar-refractivity contribution is 9.10. The van der Waals surface area contributed by atoms with Crippen LogP contribution in [0, 0.1) is 6.92 Å². The summed E-state index contributed by atoms with van der Waals surface area (Å²) in [6, 6.07) is 10.7. The van der Waals surface area contributed by atoms with Crippen molar-refractivity contribution in [3.05, 3.63) is 88.6 Å². The molecule has 0 radical (unpaired) electrons. The largest absolute Gasteiger partial charge is 0.493 e. The molecule has 3 heterocycles. The smallest absolute Gasteiger partial charge is 0.338 e. The number of rotatable bonds is 6. The Morgan fingerprint density at radius 1 is 1.18 bits per heavy atom. The maximum absolute atomic E-state index is 14.0. The average molecular weight is 597 g/mol. The van der Waals surface area contributed by atoms with Gasteiger partial charge in [-0.15, -0.1) is 0 Å². The van der Waals surface area contributed by atoms with Crippen LogP contribution in [0.15, 0.2) is 61.9 Å². The number of esters is 1. The third-order valence-electron chi connectivity index (χ3n) is 6.53. The maximum Gasteiger partial charge on any atom is 0.338 e. The van der Waals surface area contributed by atoms with Gasteiger partial charge in [-0.3, -0.25) is 9.36 Å². The number of allylic oxidation sites excluding steroid dienone is 1. The molecule has 1 unspecified atom stereocenters. The van der Waals surface area contributed by atoms with Gasteiger partial charge >= 0.3 is 5.97 Å². The number of H-pyrrole nitrogens is 1. The fourth-order valence-corrected chi connectivity index (χ4v) is 6.35.